The molecule has 1 fully saturated rings. The van der Waals surface area contributed by atoms with E-state index in [1.807, 2.05) is 6.20 Å². The Morgan fingerprint density at radius 1 is 1.00 bits per heavy atom. The molecule has 1 N–H and O–H groups in total. The van der Waals surface area contributed by atoms with E-state index in [4.69, 9.17) is 0 Å². The van der Waals surface area contributed by atoms with Crippen LogP contribution in [0.1, 0.15) is 77.2 Å². The lowest BCUT2D eigenvalue weighted by Gasteiger charge is -2.20. The summed E-state index contributed by atoms with van der Waals surface area (Å²) in [7, 11) is 0. The molecule has 0 spiro atoms. The molecule has 5 heteroatoms. The SMILES string of the molecule is O=C1c2ccccc2C(=O)N1CCc1cnc(CCCC2CCCCC2)[nH]1. The van der Waals surface area contributed by atoms with Crippen molar-refractivity contribution in [2.24, 2.45) is 5.92 Å². The fourth-order valence-electron chi connectivity index (χ4n) is 4.37. The van der Waals surface area contributed by atoms with Crippen LogP contribution in [0.3, 0.4) is 0 Å². The third-order valence-corrected chi connectivity index (χ3v) is 5.91. The molecule has 27 heavy (non-hydrogen) atoms. The van der Waals surface area contributed by atoms with Crippen molar-refractivity contribution >= 4 is 11.8 Å². The van der Waals surface area contributed by atoms with Crippen LogP contribution in [0.2, 0.25) is 0 Å². The number of imide groups is 1. The van der Waals surface area contributed by atoms with E-state index < -0.39 is 0 Å². The first kappa shape index (κ1) is 18.0. The Kier molecular flexibility index (Phi) is 5.37. The predicted molar refractivity (Wildman–Crippen MR) is 104 cm³/mol. The molecular weight excluding hydrogens is 338 g/mol. The number of hydrogen-bond donors (Lipinski definition) is 1. The summed E-state index contributed by atoms with van der Waals surface area (Å²) < 4.78 is 0. The maximum atomic E-state index is 12.4. The Morgan fingerprint density at radius 3 is 2.41 bits per heavy atom. The average molecular weight is 365 g/mol. The summed E-state index contributed by atoms with van der Waals surface area (Å²) >= 11 is 0. The summed E-state index contributed by atoms with van der Waals surface area (Å²) in [5.74, 6) is 1.54. The van der Waals surface area contributed by atoms with Gasteiger partial charge in [-0.25, -0.2) is 4.98 Å². The number of amides is 2. The fraction of sp³-hybridized carbons (Fsp3) is 0.500. The number of benzene rings is 1. The summed E-state index contributed by atoms with van der Waals surface area (Å²) in [4.78, 5) is 34.0. The molecule has 0 bridgehead atoms. The van der Waals surface area contributed by atoms with Crippen LogP contribution in [0.5, 0.6) is 0 Å². The van der Waals surface area contributed by atoms with E-state index in [0.717, 1.165) is 23.9 Å². The van der Waals surface area contributed by atoms with Crippen molar-refractivity contribution < 1.29 is 9.59 Å². The highest BCUT2D eigenvalue weighted by atomic mass is 16.2. The van der Waals surface area contributed by atoms with E-state index in [9.17, 15) is 9.59 Å². The van der Waals surface area contributed by atoms with Crippen molar-refractivity contribution in [2.45, 2.75) is 57.8 Å². The quantitative estimate of drug-likeness (QED) is 0.750. The van der Waals surface area contributed by atoms with Gasteiger partial charge in [0.05, 0.1) is 11.1 Å². The normalized spacial score (nSPS) is 17.6. The minimum Gasteiger partial charge on any atom is -0.346 e. The second kappa shape index (κ2) is 8.07. The zero-order chi connectivity index (χ0) is 18.6. The number of aryl methyl sites for hydroxylation is 1. The Bertz CT molecular complexity index is 785. The molecule has 1 aliphatic heterocycles. The highest BCUT2D eigenvalue weighted by molar-refractivity contribution is 6.21. The molecule has 1 aromatic carbocycles. The van der Waals surface area contributed by atoms with Crippen LogP contribution in [0.15, 0.2) is 30.5 Å². The summed E-state index contributed by atoms with van der Waals surface area (Å²) in [6, 6.07) is 7.02. The van der Waals surface area contributed by atoms with Crippen molar-refractivity contribution in [1.29, 1.82) is 0 Å². The van der Waals surface area contributed by atoms with Gasteiger partial charge in [0.1, 0.15) is 5.82 Å². The number of rotatable bonds is 7. The molecule has 0 radical (unpaired) electrons. The van der Waals surface area contributed by atoms with E-state index in [1.165, 1.54) is 49.8 Å². The van der Waals surface area contributed by atoms with Gasteiger partial charge in [-0.2, -0.15) is 0 Å². The number of carbonyl (C=O) groups is 2. The van der Waals surface area contributed by atoms with Gasteiger partial charge in [-0.3, -0.25) is 14.5 Å². The van der Waals surface area contributed by atoms with Crippen LogP contribution in [0.4, 0.5) is 0 Å². The van der Waals surface area contributed by atoms with Crippen LogP contribution in [-0.4, -0.2) is 33.2 Å². The molecule has 2 aliphatic rings. The molecule has 2 heterocycles. The monoisotopic (exact) mass is 365 g/mol. The number of hydrogen-bond acceptors (Lipinski definition) is 3. The van der Waals surface area contributed by atoms with Crippen molar-refractivity contribution in [3.63, 3.8) is 0 Å². The van der Waals surface area contributed by atoms with Crippen molar-refractivity contribution in [3.05, 3.63) is 53.1 Å². The maximum absolute atomic E-state index is 12.4. The van der Waals surface area contributed by atoms with Gasteiger partial charge < -0.3 is 4.98 Å². The first-order valence-electron chi connectivity index (χ1n) is 10.2. The van der Waals surface area contributed by atoms with Crippen LogP contribution in [-0.2, 0) is 12.8 Å². The number of imidazole rings is 1. The smallest absolute Gasteiger partial charge is 0.261 e. The molecule has 1 aliphatic carbocycles. The zero-order valence-electron chi connectivity index (χ0n) is 15.7. The minimum atomic E-state index is -0.192. The number of nitrogens with zero attached hydrogens (tertiary/aromatic N) is 2. The molecule has 1 aromatic heterocycles. The molecule has 0 unspecified atom stereocenters. The van der Waals surface area contributed by atoms with Crippen molar-refractivity contribution in [3.8, 4) is 0 Å². The molecule has 0 atom stereocenters. The predicted octanol–water partition coefficient (Wildman–Crippen LogP) is 4.15. The van der Waals surface area contributed by atoms with E-state index in [0.29, 0.717) is 24.1 Å². The number of fused-ring (bicyclic) bond motifs is 1. The Morgan fingerprint density at radius 2 is 1.70 bits per heavy atom. The topological polar surface area (TPSA) is 66.1 Å². The van der Waals surface area contributed by atoms with Gasteiger partial charge in [0.15, 0.2) is 0 Å². The van der Waals surface area contributed by atoms with Crippen LogP contribution in [0.25, 0.3) is 0 Å². The number of nitrogens with one attached hydrogen (secondary N) is 1. The lowest BCUT2D eigenvalue weighted by atomic mass is 9.86. The van der Waals surface area contributed by atoms with Gasteiger partial charge in [0.2, 0.25) is 0 Å². The Labute approximate surface area is 160 Å². The first-order chi connectivity index (χ1) is 13.2. The lowest BCUT2D eigenvalue weighted by molar-refractivity contribution is 0.0656. The van der Waals surface area contributed by atoms with Crippen LogP contribution < -0.4 is 0 Å². The third-order valence-electron chi connectivity index (χ3n) is 5.91. The standard InChI is InChI=1S/C22H27N3O2/c26-21-18-10-4-5-11-19(18)22(27)25(21)14-13-17-15-23-20(24-17)12-6-9-16-7-2-1-3-8-16/h4-5,10-11,15-16H,1-3,6-9,12-14H2,(H,23,24). The zero-order valence-corrected chi connectivity index (χ0v) is 15.7. The van der Waals surface area contributed by atoms with Gasteiger partial charge in [0, 0.05) is 31.3 Å². The fourth-order valence-corrected chi connectivity index (χ4v) is 4.37. The van der Waals surface area contributed by atoms with Crippen molar-refractivity contribution in [1.82, 2.24) is 14.9 Å². The Balaban J connectivity index is 1.26. The highest BCUT2D eigenvalue weighted by Gasteiger charge is 2.34. The maximum Gasteiger partial charge on any atom is 0.261 e. The molecule has 4 rings (SSSR count). The molecule has 2 amide bonds. The summed E-state index contributed by atoms with van der Waals surface area (Å²) in [5, 5.41) is 0. The lowest BCUT2D eigenvalue weighted by Crippen LogP contribution is -2.31. The van der Waals surface area contributed by atoms with Gasteiger partial charge in [0.25, 0.3) is 11.8 Å². The first-order valence-corrected chi connectivity index (χ1v) is 10.2. The molecule has 142 valence electrons. The Hall–Kier alpha value is -2.43. The van der Waals surface area contributed by atoms with E-state index in [-0.39, 0.29) is 11.8 Å². The highest BCUT2D eigenvalue weighted by Crippen LogP contribution is 2.27. The second-order valence-electron chi connectivity index (χ2n) is 7.81. The summed E-state index contributed by atoms with van der Waals surface area (Å²) in [6.45, 7) is 0.385. The van der Waals surface area contributed by atoms with E-state index in [2.05, 4.69) is 9.97 Å². The number of H-pyrrole nitrogens is 1. The number of aromatic amines is 1. The van der Waals surface area contributed by atoms with E-state index >= 15 is 0 Å². The van der Waals surface area contributed by atoms with Crippen LogP contribution in [0, 0.1) is 5.92 Å². The number of carbonyl (C=O) groups excluding carboxylic acids is 2. The summed E-state index contributed by atoms with van der Waals surface area (Å²) in [5.41, 5.74) is 2.00. The van der Waals surface area contributed by atoms with Crippen molar-refractivity contribution in [2.75, 3.05) is 6.54 Å². The third kappa shape index (κ3) is 3.97. The molecule has 2 aromatic rings. The molecular formula is C22H27N3O2. The minimum absolute atomic E-state index is 0.192. The van der Waals surface area contributed by atoms with Gasteiger partial charge >= 0.3 is 0 Å². The van der Waals surface area contributed by atoms with Gasteiger partial charge in [-0.05, 0) is 24.5 Å². The van der Waals surface area contributed by atoms with Gasteiger partial charge in [-0.15, -0.1) is 0 Å². The molecule has 1 saturated carbocycles. The van der Waals surface area contributed by atoms with Crippen LogP contribution >= 0.6 is 0 Å². The molecule has 0 saturated heterocycles. The second-order valence-corrected chi connectivity index (χ2v) is 7.81. The largest absolute Gasteiger partial charge is 0.346 e. The van der Waals surface area contributed by atoms with E-state index in [1.54, 1.807) is 24.3 Å². The van der Waals surface area contributed by atoms with Gasteiger partial charge in [-0.1, -0.05) is 50.7 Å². The average Bonchev–Trinajstić information content (AvgIpc) is 3.25. The summed E-state index contributed by atoms with van der Waals surface area (Å²) in [6.07, 6.45) is 12.9. The number of aromatic nitrogens is 2. The molecule has 5 nitrogen and oxygen atoms in total.